The summed E-state index contributed by atoms with van der Waals surface area (Å²) in [5, 5.41) is 0.496. The van der Waals surface area contributed by atoms with Gasteiger partial charge in [0.1, 0.15) is 11.3 Å². The summed E-state index contributed by atoms with van der Waals surface area (Å²) in [5.41, 5.74) is 4.29. The van der Waals surface area contributed by atoms with E-state index in [-0.39, 0.29) is 17.7 Å². The molecule has 0 radical (unpaired) electrons. The summed E-state index contributed by atoms with van der Waals surface area (Å²) < 4.78 is 49.3. The van der Waals surface area contributed by atoms with E-state index in [0.717, 1.165) is 11.9 Å². The number of carbonyl (C=O) groups excluding carboxylic acids is 1. The van der Waals surface area contributed by atoms with E-state index in [4.69, 9.17) is 10.5 Å². The average Bonchev–Trinajstić information content (AvgIpc) is 2.56. The number of halogens is 3. The fourth-order valence-electron chi connectivity index (χ4n) is 2.45. The normalized spacial score (nSPS) is 12.2. The first-order chi connectivity index (χ1) is 12.2. The van der Waals surface area contributed by atoms with Gasteiger partial charge in [0.2, 0.25) is 5.91 Å². The standard InChI is InChI=1S/C17H18F3N3O2S/c1-23(10-15(21)24)9-8-22-26-14-5-3-4-12-11(14)6-7-13(25-2)16(12)17(18,19)20/h3-8H,9-10H2,1-2H3,(H2,21,24). The molecule has 2 N–H and O–H groups in total. The molecular formula is C17H18F3N3O2S. The van der Waals surface area contributed by atoms with Crippen LogP contribution in [-0.4, -0.2) is 44.3 Å². The Labute approximate surface area is 153 Å². The molecule has 0 aliphatic heterocycles. The van der Waals surface area contributed by atoms with Gasteiger partial charge in [0.25, 0.3) is 0 Å². The highest BCUT2D eigenvalue weighted by Gasteiger charge is 2.36. The number of hydrogen-bond donors (Lipinski definition) is 1. The first-order valence-corrected chi connectivity index (χ1v) is 8.34. The van der Waals surface area contributed by atoms with Gasteiger partial charge >= 0.3 is 6.18 Å². The molecule has 2 aromatic carbocycles. The fraction of sp³-hybridized carbons (Fsp3) is 0.294. The smallest absolute Gasteiger partial charge is 0.420 e. The van der Waals surface area contributed by atoms with Crippen LogP contribution in [0.4, 0.5) is 13.2 Å². The minimum Gasteiger partial charge on any atom is -0.496 e. The number of rotatable bonds is 7. The Balaban J connectivity index is 2.28. The van der Waals surface area contributed by atoms with Crippen molar-refractivity contribution in [2.45, 2.75) is 11.1 Å². The van der Waals surface area contributed by atoms with E-state index < -0.39 is 17.6 Å². The molecule has 2 rings (SSSR count). The number of fused-ring (bicyclic) bond motifs is 1. The third kappa shape index (κ3) is 4.89. The summed E-state index contributed by atoms with van der Waals surface area (Å²) in [6.45, 7) is 0.488. The van der Waals surface area contributed by atoms with Crippen molar-refractivity contribution < 1.29 is 22.7 Å². The number of carbonyl (C=O) groups is 1. The van der Waals surface area contributed by atoms with Gasteiger partial charge in [-0.1, -0.05) is 12.1 Å². The predicted octanol–water partition coefficient (Wildman–Crippen LogP) is 3.36. The number of alkyl halides is 3. The van der Waals surface area contributed by atoms with Crippen LogP contribution >= 0.6 is 11.9 Å². The number of nitrogens with two attached hydrogens (primary N) is 1. The van der Waals surface area contributed by atoms with Gasteiger partial charge in [0.15, 0.2) is 0 Å². The summed E-state index contributed by atoms with van der Waals surface area (Å²) in [5.74, 6) is -0.667. The topological polar surface area (TPSA) is 67.9 Å². The molecule has 1 amide bonds. The van der Waals surface area contributed by atoms with Gasteiger partial charge in [-0.2, -0.15) is 13.2 Å². The van der Waals surface area contributed by atoms with E-state index in [1.165, 1.54) is 19.2 Å². The third-order valence-corrected chi connectivity index (χ3v) is 4.34. The van der Waals surface area contributed by atoms with Crippen molar-refractivity contribution in [1.29, 1.82) is 0 Å². The van der Waals surface area contributed by atoms with E-state index in [0.29, 0.717) is 16.8 Å². The van der Waals surface area contributed by atoms with Crippen LogP contribution in [0, 0.1) is 0 Å². The van der Waals surface area contributed by atoms with Crippen LogP contribution in [0.3, 0.4) is 0 Å². The molecule has 0 bridgehead atoms. The summed E-state index contributed by atoms with van der Waals surface area (Å²) in [7, 11) is 2.92. The van der Waals surface area contributed by atoms with Gasteiger partial charge in [0.05, 0.1) is 13.7 Å². The average molecular weight is 385 g/mol. The Bertz CT molecular complexity index is 825. The molecule has 26 heavy (non-hydrogen) atoms. The monoisotopic (exact) mass is 385 g/mol. The van der Waals surface area contributed by atoms with Crippen molar-refractivity contribution in [1.82, 2.24) is 4.90 Å². The van der Waals surface area contributed by atoms with Crippen molar-refractivity contribution >= 4 is 34.8 Å². The van der Waals surface area contributed by atoms with Crippen LogP contribution in [-0.2, 0) is 11.0 Å². The van der Waals surface area contributed by atoms with Gasteiger partial charge in [-0.15, -0.1) is 0 Å². The van der Waals surface area contributed by atoms with Gasteiger partial charge in [0, 0.05) is 29.6 Å². The van der Waals surface area contributed by atoms with E-state index in [1.54, 1.807) is 36.4 Å². The van der Waals surface area contributed by atoms with E-state index in [1.807, 2.05) is 0 Å². The number of likely N-dealkylation sites (N-methyl/N-ethyl adjacent to an activating group) is 1. The number of ether oxygens (including phenoxy) is 1. The molecule has 0 spiro atoms. The maximum Gasteiger partial charge on any atom is 0.420 e. The summed E-state index contributed by atoms with van der Waals surface area (Å²) in [4.78, 5) is 13.1. The Kier molecular flexibility index (Phi) is 6.49. The molecular weight excluding hydrogens is 367 g/mol. The SMILES string of the molecule is COc1ccc2c(SN=CCN(C)CC(N)=O)cccc2c1C(F)(F)F. The second-order valence-corrected chi connectivity index (χ2v) is 6.37. The van der Waals surface area contributed by atoms with Crippen molar-refractivity contribution in [2.75, 3.05) is 27.2 Å². The molecule has 9 heteroatoms. The van der Waals surface area contributed by atoms with Crippen LogP contribution < -0.4 is 10.5 Å². The lowest BCUT2D eigenvalue weighted by Crippen LogP contribution is -2.31. The van der Waals surface area contributed by atoms with Crippen LogP contribution in [0.15, 0.2) is 39.6 Å². The Hall–Kier alpha value is -2.26. The van der Waals surface area contributed by atoms with Crippen molar-refractivity contribution in [3.8, 4) is 5.75 Å². The maximum absolute atomic E-state index is 13.4. The van der Waals surface area contributed by atoms with Crippen LogP contribution in [0.25, 0.3) is 10.8 Å². The molecule has 0 fully saturated rings. The zero-order chi connectivity index (χ0) is 19.3. The molecule has 0 unspecified atom stereocenters. The number of benzene rings is 2. The lowest BCUT2D eigenvalue weighted by molar-refractivity contribution is -0.137. The molecule has 0 atom stereocenters. The zero-order valence-corrected chi connectivity index (χ0v) is 15.0. The first kappa shape index (κ1) is 20.1. The number of amides is 1. The highest BCUT2D eigenvalue weighted by atomic mass is 32.2. The largest absolute Gasteiger partial charge is 0.496 e. The van der Waals surface area contributed by atoms with Gasteiger partial charge in [-0.3, -0.25) is 9.69 Å². The van der Waals surface area contributed by atoms with Crippen LogP contribution in [0.5, 0.6) is 5.75 Å². The van der Waals surface area contributed by atoms with Crippen molar-refractivity contribution in [2.24, 2.45) is 10.1 Å². The van der Waals surface area contributed by atoms with Gasteiger partial charge in [-0.05, 0) is 36.0 Å². The first-order valence-electron chi connectivity index (χ1n) is 7.56. The highest BCUT2D eigenvalue weighted by molar-refractivity contribution is 7.98. The number of nitrogens with zero attached hydrogens (tertiary/aromatic N) is 2. The van der Waals surface area contributed by atoms with E-state index >= 15 is 0 Å². The van der Waals surface area contributed by atoms with Crippen LogP contribution in [0.2, 0.25) is 0 Å². The molecule has 2 aromatic rings. The van der Waals surface area contributed by atoms with Crippen molar-refractivity contribution in [3.63, 3.8) is 0 Å². The highest BCUT2D eigenvalue weighted by Crippen LogP contribution is 2.43. The van der Waals surface area contributed by atoms with E-state index in [2.05, 4.69) is 4.40 Å². The molecule has 0 heterocycles. The number of primary amides is 1. The zero-order valence-electron chi connectivity index (χ0n) is 14.2. The summed E-state index contributed by atoms with van der Waals surface area (Å²) >= 11 is 1.06. The minimum absolute atomic E-state index is 0.0582. The van der Waals surface area contributed by atoms with E-state index in [9.17, 15) is 18.0 Å². The molecule has 0 aliphatic rings. The van der Waals surface area contributed by atoms with Crippen molar-refractivity contribution in [3.05, 3.63) is 35.9 Å². The molecule has 0 aromatic heterocycles. The quantitative estimate of drug-likeness (QED) is 0.586. The Morgan fingerprint density at radius 2 is 2.04 bits per heavy atom. The molecule has 140 valence electrons. The third-order valence-electron chi connectivity index (χ3n) is 3.53. The van der Waals surface area contributed by atoms with Crippen LogP contribution in [0.1, 0.15) is 5.56 Å². The Morgan fingerprint density at radius 1 is 1.31 bits per heavy atom. The number of hydrogen-bond acceptors (Lipinski definition) is 5. The van der Waals surface area contributed by atoms with Gasteiger partial charge < -0.3 is 10.5 Å². The summed E-state index contributed by atoms with van der Waals surface area (Å²) in [6.07, 6.45) is -2.96. The molecule has 0 aliphatic carbocycles. The summed E-state index contributed by atoms with van der Waals surface area (Å²) in [6, 6.07) is 7.55. The Morgan fingerprint density at radius 3 is 2.65 bits per heavy atom. The predicted molar refractivity (Wildman–Crippen MR) is 96.5 cm³/mol. The number of methoxy groups -OCH3 is 1. The second-order valence-electron chi connectivity index (χ2n) is 5.53. The lowest BCUT2D eigenvalue weighted by Gasteiger charge is -2.15. The minimum atomic E-state index is -4.53. The molecule has 0 saturated carbocycles. The molecule has 0 saturated heterocycles. The fourth-order valence-corrected chi connectivity index (χ4v) is 3.12. The molecule has 5 nitrogen and oxygen atoms in total. The maximum atomic E-state index is 13.4. The lowest BCUT2D eigenvalue weighted by atomic mass is 10.0. The van der Waals surface area contributed by atoms with Gasteiger partial charge in [-0.25, -0.2) is 4.40 Å². The second kappa shape index (κ2) is 8.41.